The molecule has 0 bridgehead atoms. The maximum Gasteiger partial charge on any atom is 0.391 e. The van der Waals surface area contributed by atoms with Crippen LogP contribution in [0.1, 0.15) is 5.56 Å². The molecule has 0 unspecified atom stereocenters. The Bertz CT molecular complexity index is 308. The molecule has 0 aliphatic heterocycles. The lowest BCUT2D eigenvalue weighted by Crippen LogP contribution is -2.11. The summed E-state index contributed by atoms with van der Waals surface area (Å²) in [6.45, 7) is 0.0676. The summed E-state index contributed by atoms with van der Waals surface area (Å²) >= 11 is 4.88. The van der Waals surface area contributed by atoms with Crippen LogP contribution in [0.3, 0.4) is 0 Å². The molecule has 13 heavy (non-hydrogen) atoms. The number of halogens is 1. The Morgan fingerprint density at radius 2 is 1.85 bits per heavy atom. The largest absolute Gasteiger partial charge is 0.454 e. The van der Waals surface area contributed by atoms with Crippen LogP contribution in [0.2, 0.25) is 0 Å². The highest BCUT2D eigenvalue weighted by molar-refractivity contribution is 6.80. The van der Waals surface area contributed by atoms with Crippen LogP contribution >= 0.6 is 11.6 Å². The van der Waals surface area contributed by atoms with Gasteiger partial charge >= 0.3 is 11.2 Å². The molecule has 0 saturated heterocycles. The average molecular weight is 199 g/mol. The van der Waals surface area contributed by atoms with E-state index >= 15 is 0 Å². The summed E-state index contributed by atoms with van der Waals surface area (Å²) in [5.41, 5.74) is 0.814. The van der Waals surface area contributed by atoms with Crippen molar-refractivity contribution in [1.29, 1.82) is 0 Å². The lowest BCUT2D eigenvalue weighted by Gasteiger charge is -2.00. The summed E-state index contributed by atoms with van der Waals surface area (Å²) in [5, 5.41) is -1.10. The van der Waals surface area contributed by atoms with Gasteiger partial charge in [-0.1, -0.05) is 30.3 Å². The Kier molecular flexibility index (Phi) is 3.46. The van der Waals surface area contributed by atoms with E-state index in [0.29, 0.717) is 0 Å². The van der Waals surface area contributed by atoms with E-state index in [1.165, 1.54) is 0 Å². The fourth-order valence-corrected chi connectivity index (χ4v) is 0.834. The minimum Gasteiger partial charge on any atom is -0.454 e. The zero-order valence-electron chi connectivity index (χ0n) is 6.70. The molecular formula is C9H7ClO3. The van der Waals surface area contributed by atoms with E-state index in [0.717, 1.165) is 5.56 Å². The average Bonchev–Trinajstić information content (AvgIpc) is 2.15. The molecule has 0 saturated carbocycles. The van der Waals surface area contributed by atoms with Crippen LogP contribution < -0.4 is 0 Å². The maximum absolute atomic E-state index is 10.6. The molecule has 1 rings (SSSR count). The van der Waals surface area contributed by atoms with Gasteiger partial charge in [-0.3, -0.25) is 4.79 Å². The Labute approximate surface area is 80.3 Å². The van der Waals surface area contributed by atoms with Gasteiger partial charge in [-0.25, -0.2) is 4.79 Å². The number of carbonyl (C=O) groups is 2. The van der Waals surface area contributed by atoms with Gasteiger partial charge in [0.1, 0.15) is 6.61 Å². The normalized spacial score (nSPS) is 9.31. The summed E-state index contributed by atoms with van der Waals surface area (Å²) in [7, 11) is 0. The van der Waals surface area contributed by atoms with Crippen molar-refractivity contribution in [3.8, 4) is 0 Å². The predicted octanol–water partition coefficient (Wildman–Crippen LogP) is 1.50. The van der Waals surface area contributed by atoms with Gasteiger partial charge in [0.05, 0.1) is 0 Å². The van der Waals surface area contributed by atoms with Gasteiger partial charge in [-0.05, 0) is 17.2 Å². The molecule has 0 heterocycles. The predicted molar refractivity (Wildman–Crippen MR) is 47.1 cm³/mol. The van der Waals surface area contributed by atoms with E-state index in [1.54, 1.807) is 12.1 Å². The SMILES string of the molecule is O=C(Cl)C(=O)OCc1ccccc1. The molecule has 1 aromatic carbocycles. The summed E-state index contributed by atoms with van der Waals surface area (Å²) in [4.78, 5) is 20.9. The highest BCUT2D eigenvalue weighted by Gasteiger charge is 2.10. The smallest absolute Gasteiger partial charge is 0.391 e. The Balaban J connectivity index is 2.44. The van der Waals surface area contributed by atoms with Crippen LogP contribution in [-0.4, -0.2) is 11.2 Å². The monoisotopic (exact) mass is 198 g/mol. The fraction of sp³-hybridized carbons (Fsp3) is 0.111. The molecule has 0 aliphatic rings. The third kappa shape index (κ3) is 3.25. The molecule has 0 aliphatic carbocycles. The molecule has 0 amide bonds. The van der Waals surface area contributed by atoms with Crippen molar-refractivity contribution in [2.45, 2.75) is 6.61 Å². The van der Waals surface area contributed by atoms with E-state index in [9.17, 15) is 9.59 Å². The van der Waals surface area contributed by atoms with Crippen molar-refractivity contribution in [3.05, 3.63) is 35.9 Å². The second-order valence-corrected chi connectivity index (χ2v) is 2.68. The zero-order chi connectivity index (χ0) is 9.68. The van der Waals surface area contributed by atoms with E-state index in [4.69, 9.17) is 11.6 Å². The van der Waals surface area contributed by atoms with Crippen molar-refractivity contribution < 1.29 is 14.3 Å². The number of benzene rings is 1. The first-order chi connectivity index (χ1) is 6.20. The van der Waals surface area contributed by atoms with Gasteiger partial charge in [0.2, 0.25) is 0 Å². The Morgan fingerprint density at radius 3 is 2.38 bits per heavy atom. The number of hydrogen-bond acceptors (Lipinski definition) is 3. The fourth-order valence-electron chi connectivity index (χ4n) is 0.780. The molecule has 0 spiro atoms. The first-order valence-electron chi connectivity index (χ1n) is 3.60. The molecule has 0 atom stereocenters. The maximum atomic E-state index is 10.6. The molecule has 4 heteroatoms. The topological polar surface area (TPSA) is 43.4 Å². The number of esters is 1. The first kappa shape index (κ1) is 9.74. The number of carbonyl (C=O) groups excluding carboxylic acids is 2. The van der Waals surface area contributed by atoms with Crippen LogP contribution in [0.4, 0.5) is 0 Å². The van der Waals surface area contributed by atoms with Gasteiger partial charge < -0.3 is 4.74 Å². The quantitative estimate of drug-likeness (QED) is 0.420. The van der Waals surface area contributed by atoms with Crippen molar-refractivity contribution >= 4 is 22.8 Å². The lowest BCUT2D eigenvalue weighted by atomic mass is 10.2. The Morgan fingerprint density at radius 1 is 1.23 bits per heavy atom. The summed E-state index contributed by atoms with van der Waals surface area (Å²) in [6, 6.07) is 9.04. The second-order valence-electron chi connectivity index (χ2n) is 2.34. The van der Waals surface area contributed by atoms with Gasteiger partial charge in [0.15, 0.2) is 0 Å². The zero-order valence-corrected chi connectivity index (χ0v) is 7.45. The highest BCUT2D eigenvalue weighted by atomic mass is 35.5. The Hall–Kier alpha value is -1.35. The van der Waals surface area contributed by atoms with Crippen LogP contribution in [-0.2, 0) is 20.9 Å². The third-order valence-electron chi connectivity index (χ3n) is 1.37. The summed E-state index contributed by atoms with van der Waals surface area (Å²) < 4.78 is 4.57. The van der Waals surface area contributed by atoms with E-state index in [-0.39, 0.29) is 6.61 Å². The first-order valence-corrected chi connectivity index (χ1v) is 3.98. The molecule has 0 N–H and O–H groups in total. The van der Waals surface area contributed by atoms with E-state index in [2.05, 4.69) is 4.74 Å². The van der Waals surface area contributed by atoms with Gasteiger partial charge in [0.25, 0.3) is 0 Å². The van der Waals surface area contributed by atoms with Crippen LogP contribution in [0.5, 0.6) is 0 Å². The van der Waals surface area contributed by atoms with Crippen LogP contribution in [0.25, 0.3) is 0 Å². The van der Waals surface area contributed by atoms with Crippen LogP contribution in [0, 0.1) is 0 Å². The third-order valence-corrected chi connectivity index (χ3v) is 1.53. The van der Waals surface area contributed by atoms with Gasteiger partial charge in [-0.2, -0.15) is 0 Å². The van der Waals surface area contributed by atoms with Gasteiger partial charge in [-0.15, -0.1) is 0 Å². The molecule has 0 radical (unpaired) electrons. The second kappa shape index (κ2) is 4.62. The molecule has 0 aromatic heterocycles. The molecule has 0 fully saturated rings. The molecular weight excluding hydrogens is 192 g/mol. The summed E-state index contributed by atoms with van der Waals surface area (Å²) in [6.07, 6.45) is 0. The van der Waals surface area contributed by atoms with Crippen molar-refractivity contribution in [2.75, 3.05) is 0 Å². The molecule has 1 aromatic rings. The van der Waals surface area contributed by atoms with E-state index in [1.807, 2.05) is 18.2 Å². The van der Waals surface area contributed by atoms with E-state index < -0.39 is 11.2 Å². The van der Waals surface area contributed by atoms with Crippen LogP contribution in [0.15, 0.2) is 30.3 Å². The number of rotatable bonds is 3. The van der Waals surface area contributed by atoms with Crippen molar-refractivity contribution in [1.82, 2.24) is 0 Å². The standard InChI is InChI=1S/C9H7ClO3/c10-8(11)9(12)13-6-7-4-2-1-3-5-7/h1-5H,6H2. The summed E-state index contributed by atoms with van der Waals surface area (Å²) in [5.74, 6) is -1.02. The van der Waals surface area contributed by atoms with Gasteiger partial charge in [0, 0.05) is 0 Å². The minimum atomic E-state index is -1.10. The molecule has 68 valence electrons. The van der Waals surface area contributed by atoms with Crippen molar-refractivity contribution in [2.24, 2.45) is 0 Å². The minimum absolute atomic E-state index is 0.0676. The lowest BCUT2D eigenvalue weighted by molar-refractivity contribution is -0.151. The number of ether oxygens (including phenoxy) is 1. The molecule has 3 nitrogen and oxygen atoms in total. The highest BCUT2D eigenvalue weighted by Crippen LogP contribution is 2.01. The number of hydrogen-bond donors (Lipinski definition) is 0. The van der Waals surface area contributed by atoms with Crippen molar-refractivity contribution in [3.63, 3.8) is 0 Å².